The molecule has 0 aliphatic carbocycles. The molecule has 0 aromatic heterocycles. The fourth-order valence-electron chi connectivity index (χ4n) is 3.61. The van der Waals surface area contributed by atoms with Crippen LogP contribution in [-0.4, -0.2) is 101 Å². The maximum absolute atomic E-state index is 12.8. The molecule has 1 aliphatic rings. The third-order valence-electron chi connectivity index (χ3n) is 4.92. The number of carbonyl (C=O) groups excluding carboxylic acids is 6. The Morgan fingerprint density at radius 3 is 1.97 bits per heavy atom. The van der Waals surface area contributed by atoms with E-state index in [9.17, 15) is 33.9 Å². The topological polar surface area (TPSA) is 199 Å². The predicted octanol–water partition coefficient (Wildman–Crippen LogP) is 0.302. The highest BCUT2D eigenvalue weighted by Gasteiger charge is 2.63. The van der Waals surface area contributed by atoms with Gasteiger partial charge in [-0.2, -0.15) is 0 Å². The Labute approximate surface area is 238 Å². The van der Waals surface area contributed by atoms with Crippen LogP contribution in [0, 0.1) is 0 Å². The Kier molecular flexibility index (Phi) is 12.4. The van der Waals surface area contributed by atoms with Crippen LogP contribution in [0.4, 0.5) is 4.79 Å². The number of esters is 5. The van der Waals surface area contributed by atoms with Crippen LogP contribution in [0.2, 0.25) is 0 Å². The van der Waals surface area contributed by atoms with Crippen LogP contribution < -0.4 is 5.32 Å². The number of hydrogen-bond acceptors (Lipinski definition) is 14. The zero-order valence-electron chi connectivity index (χ0n) is 22.8. The Morgan fingerprint density at radius 2 is 1.54 bits per heavy atom. The first-order valence-corrected chi connectivity index (χ1v) is 12.7. The summed E-state index contributed by atoms with van der Waals surface area (Å²) in [5, 5.41) is 13.5. The smallest absolute Gasteiger partial charge is 0.408 e. The highest BCUT2D eigenvalue weighted by Crippen LogP contribution is 2.40. The lowest BCUT2D eigenvalue weighted by Crippen LogP contribution is -2.73. The number of alkyl carbamates (subject to hydrolysis) is 1. The summed E-state index contributed by atoms with van der Waals surface area (Å²) in [6.45, 7) is 8.22. The van der Waals surface area contributed by atoms with Crippen molar-refractivity contribution < 1.29 is 67.0 Å². The lowest BCUT2D eigenvalue weighted by Gasteiger charge is -2.49. The van der Waals surface area contributed by atoms with Gasteiger partial charge in [0.25, 0.3) is 0 Å². The second-order valence-corrected chi connectivity index (χ2v) is 11.0. The number of ether oxygens (including phenoxy) is 7. The molecule has 16 heteroatoms. The van der Waals surface area contributed by atoms with Gasteiger partial charge in [0.1, 0.15) is 30.5 Å². The molecular weight excluding hydrogens is 641 g/mol. The summed E-state index contributed by atoms with van der Waals surface area (Å²) in [4.78, 5) is 73.2. The summed E-state index contributed by atoms with van der Waals surface area (Å²) in [6.07, 6.45) is -9.65. The monoisotopic (exact) mass is 675 g/mol. The third-order valence-corrected chi connectivity index (χ3v) is 6.25. The molecule has 0 saturated carbocycles. The van der Waals surface area contributed by atoms with Gasteiger partial charge in [-0.05, 0) is 43.4 Å². The molecule has 1 fully saturated rings. The summed E-state index contributed by atoms with van der Waals surface area (Å²) in [7, 11) is 1.01. The highest BCUT2D eigenvalue weighted by atomic mass is 127. The number of hydrogen-bond donors (Lipinski definition) is 2. The molecule has 1 aliphatic heterocycles. The molecule has 15 nitrogen and oxygen atoms in total. The summed E-state index contributed by atoms with van der Waals surface area (Å²) in [5.41, 5.74) is -0.991. The Hall–Kier alpha value is -2.73. The summed E-state index contributed by atoms with van der Waals surface area (Å²) < 4.78 is 34.6. The highest BCUT2D eigenvalue weighted by molar-refractivity contribution is 14.1. The van der Waals surface area contributed by atoms with E-state index in [4.69, 9.17) is 33.2 Å². The minimum absolute atomic E-state index is 0.640. The van der Waals surface area contributed by atoms with Crippen molar-refractivity contribution in [2.75, 3.05) is 13.7 Å². The second kappa shape index (κ2) is 14.1. The van der Waals surface area contributed by atoms with Gasteiger partial charge in [-0.1, -0.05) is 0 Å². The van der Waals surface area contributed by atoms with Crippen molar-refractivity contribution in [2.45, 2.75) is 94.2 Å². The first-order valence-electron chi connectivity index (χ1n) is 11.6. The molecule has 7 atom stereocenters. The van der Waals surface area contributed by atoms with Gasteiger partial charge in [0.05, 0.1) is 7.11 Å². The zero-order chi connectivity index (χ0) is 30.3. The van der Waals surface area contributed by atoms with Crippen LogP contribution in [-0.2, 0) is 57.1 Å². The molecule has 2 N–H and O–H groups in total. The van der Waals surface area contributed by atoms with E-state index in [-0.39, 0.29) is 0 Å². The zero-order valence-corrected chi connectivity index (χ0v) is 25.0. The average molecular weight is 675 g/mol. The van der Waals surface area contributed by atoms with E-state index >= 15 is 0 Å². The molecule has 1 heterocycles. The molecule has 1 amide bonds. The summed E-state index contributed by atoms with van der Waals surface area (Å²) >= 11 is 1.42. The molecule has 1 saturated heterocycles. The Bertz CT molecular complexity index is 950. The number of aliphatic hydroxyl groups is 1. The predicted molar refractivity (Wildman–Crippen MR) is 136 cm³/mol. The number of nitrogens with one attached hydrogen (secondary N) is 1. The molecule has 3 unspecified atom stereocenters. The van der Waals surface area contributed by atoms with Gasteiger partial charge in [-0.25, -0.2) is 9.59 Å². The van der Waals surface area contributed by atoms with Crippen LogP contribution in [0.5, 0.6) is 0 Å². The largest absolute Gasteiger partial charge is 0.466 e. The first kappa shape index (κ1) is 34.3. The second-order valence-electron chi connectivity index (χ2n) is 9.43. The molecule has 39 heavy (non-hydrogen) atoms. The molecule has 0 radical (unpaired) electrons. The van der Waals surface area contributed by atoms with Crippen molar-refractivity contribution in [3.05, 3.63) is 0 Å². The fourth-order valence-corrected chi connectivity index (χ4v) is 4.48. The van der Waals surface area contributed by atoms with Gasteiger partial charge < -0.3 is 43.6 Å². The summed E-state index contributed by atoms with van der Waals surface area (Å²) in [6, 6.07) is -1.58. The molecule has 0 aromatic rings. The Balaban J connectivity index is 3.82. The van der Waals surface area contributed by atoms with E-state index in [1.54, 1.807) is 20.8 Å². The van der Waals surface area contributed by atoms with Gasteiger partial charge in [0.15, 0.2) is 18.3 Å². The van der Waals surface area contributed by atoms with E-state index in [0.717, 1.165) is 34.8 Å². The van der Waals surface area contributed by atoms with Gasteiger partial charge in [0, 0.05) is 27.7 Å². The number of methoxy groups -OCH3 is 1. The molecule has 1 rings (SSSR count). The van der Waals surface area contributed by atoms with Crippen molar-refractivity contribution >= 4 is 58.5 Å². The fraction of sp³-hybridized carbons (Fsp3) is 0.739. The third kappa shape index (κ3) is 10.1. The normalized spacial score (nSPS) is 26.2. The number of amides is 1. The van der Waals surface area contributed by atoms with Crippen LogP contribution in [0.1, 0.15) is 48.5 Å². The van der Waals surface area contributed by atoms with Crippen LogP contribution in [0.15, 0.2) is 0 Å². The molecular formula is C23H34INO14. The molecule has 0 spiro atoms. The summed E-state index contributed by atoms with van der Waals surface area (Å²) in [5.74, 6) is -4.61. The van der Waals surface area contributed by atoms with E-state index < -0.39 is 88.3 Å². The standard InChI is InChI=1S/C23H34INO14/c1-10(26)34-9-14(35-11(2)27)16(36-12(3)28)17-15(25-21(32)39-22(5,6)7)18(37-13(4)29)19(30)23(24,38-17)20(31)33-8/h14-19,30H,9H2,1-8H3,(H,25,32)/t14-,15+,16-,17?,18?,19?,23-/m1/s1. The maximum Gasteiger partial charge on any atom is 0.408 e. The van der Waals surface area contributed by atoms with E-state index in [0.29, 0.717) is 0 Å². The van der Waals surface area contributed by atoms with Gasteiger partial charge in [-0.15, -0.1) is 0 Å². The van der Waals surface area contributed by atoms with Crippen molar-refractivity contribution in [3.63, 3.8) is 0 Å². The quantitative estimate of drug-likeness (QED) is 0.146. The van der Waals surface area contributed by atoms with Crippen molar-refractivity contribution in [1.82, 2.24) is 5.32 Å². The number of aliphatic hydroxyl groups excluding tert-OH is 1. The number of alkyl halides is 1. The molecule has 0 bridgehead atoms. The number of rotatable bonds is 9. The van der Waals surface area contributed by atoms with Crippen molar-refractivity contribution in [3.8, 4) is 0 Å². The van der Waals surface area contributed by atoms with Crippen LogP contribution in [0.25, 0.3) is 0 Å². The Morgan fingerprint density at radius 1 is 0.974 bits per heavy atom. The van der Waals surface area contributed by atoms with Crippen molar-refractivity contribution in [2.24, 2.45) is 0 Å². The van der Waals surface area contributed by atoms with Crippen LogP contribution >= 0.6 is 22.6 Å². The maximum atomic E-state index is 12.8. The van der Waals surface area contributed by atoms with E-state index in [1.807, 2.05) is 0 Å². The number of halogens is 1. The van der Waals surface area contributed by atoms with Gasteiger partial charge in [-0.3, -0.25) is 19.2 Å². The minimum atomic E-state index is -2.29. The number of carbonyl (C=O) groups is 6. The SMILES string of the molecule is COC(=O)[C@]1(I)OC([C@H](OC(C)=O)[C@@H](COC(C)=O)OC(C)=O)[C@H](NC(=O)OC(C)(C)C)C(OC(C)=O)C1O. The first-order chi connectivity index (χ1) is 17.8. The van der Waals surface area contributed by atoms with Gasteiger partial charge >= 0.3 is 35.9 Å². The van der Waals surface area contributed by atoms with Crippen molar-refractivity contribution in [1.29, 1.82) is 0 Å². The van der Waals surface area contributed by atoms with E-state index in [2.05, 4.69) is 5.32 Å². The average Bonchev–Trinajstić information content (AvgIpc) is 2.77. The molecule has 222 valence electrons. The lowest BCUT2D eigenvalue weighted by atomic mass is 9.87. The van der Waals surface area contributed by atoms with E-state index in [1.165, 1.54) is 22.6 Å². The lowest BCUT2D eigenvalue weighted by molar-refractivity contribution is -0.245. The van der Waals surface area contributed by atoms with Gasteiger partial charge in [0.2, 0.25) is 3.61 Å². The minimum Gasteiger partial charge on any atom is -0.466 e. The molecule has 0 aromatic carbocycles. The van der Waals surface area contributed by atoms with Crippen LogP contribution in [0.3, 0.4) is 0 Å².